The van der Waals surface area contributed by atoms with Crippen molar-refractivity contribution in [2.75, 3.05) is 11.4 Å². The normalized spacial score (nSPS) is 12.3. The molecule has 4 nitrogen and oxygen atoms in total. The summed E-state index contributed by atoms with van der Waals surface area (Å²) in [7, 11) is 0. The second-order valence-corrected chi connectivity index (χ2v) is 4.95. The molecule has 114 valence electrons. The predicted octanol–water partition coefficient (Wildman–Crippen LogP) is 3.44. The van der Waals surface area contributed by atoms with Crippen molar-refractivity contribution in [3.63, 3.8) is 0 Å². The van der Waals surface area contributed by atoms with Crippen LogP contribution in [0.3, 0.4) is 0 Å². The number of ketones is 1. The van der Waals surface area contributed by atoms with Crippen LogP contribution >= 0.6 is 0 Å². The molecule has 0 fully saturated rings. The summed E-state index contributed by atoms with van der Waals surface area (Å²) < 4.78 is 0. The molecule has 0 saturated heterocycles. The minimum absolute atomic E-state index is 0.282. The maximum atomic E-state index is 11.7. The zero-order chi connectivity index (χ0) is 15.9. The van der Waals surface area contributed by atoms with Gasteiger partial charge in [-0.3, -0.25) is 4.79 Å². The van der Waals surface area contributed by atoms with Crippen molar-refractivity contribution in [3.05, 3.63) is 60.2 Å². The maximum absolute atomic E-state index is 11.7. The van der Waals surface area contributed by atoms with E-state index in [1.54, 1.807) is 30.6 Å². The number of hydrogen-bond donors (Lipinski definition) is 1. The molecule has 0 amide bonds. The fraction of sp³-hybridized carbons (Fsp3) is 0.222. The summed E-state index contributed by atoms with van der Waals surface area (Å²) in [5, 5.41) is 9.29. The van der Waals surface area contributed by atoms with Gasteiger partial charge in [0.15, 0.2) is 5.78 Å². The molecule has 0 saturated carbocycles. The van der Waals surface area contributed by atoms with Gasteiger partial charge in [-0.15, -0.1) is 0 Å². The molecular weight excluding hydrogens is 276 g/mol. The zero-order valence-corrected chi connectivity index (χ0v) is 12.8. The van der Waals surface area contributed by atoms with Crippen LogP contribution in [0.1, 0.15) is 24.2 Å². The highest BCUT2D eigenvalue weighted by Crippen LogP contribution is 2.16. The molecule has 0 aliphatic heterocycles. The number of carbonyl (C=O) groups excluding carboxylic acids is 1. The maximum Gasteiger partial charge on any atom is 0.190 e. The average molecular weight is 296 g/mol. The number of carbonyl (C=O) groups is 1. The summed E-state index contributed by atoms with van der Waals surface area (Å²) in [4.78, 5) is 18.1. The van der Waals surface area contributed by atoms with Gasteiger partial charge < -0.3 is 10.0 Å². The summed E-state index contributed by atoms with van der Waals surface area (Å²) in [6.07, 6.45) is 0.795. The molecule has 22 heavy (non-hydrogen) atoms. The van der Waals surface area contributed by atoms with Crippen molar-refractivity contribution in [1.82, 2.24) is 0 Å². The van der Waals surface area contributed by atoms with E-state index in [2.05, 4.69) is 11.9 Å². The Labute approximate surface area is 130 Å². The minimum Gasteiger partial charge on any atom is -0.385 e. The standard InChI is InChI=1S/C18H20N2O2/c1-3-20(17-7-5-4-6-8-17)13-19-16-11-9-15(10-12-16)18(22)14(2)21/h4-14,21H,3H2,1-2H3. The van der Waals surface area contributed by atoms with Gasteiger partial charge in [0.25, 0.3) is 0 Å². The molecular formula is C18H20N2O2. The molecule has 0 aromatic heterocycles. The van der Waals surface area contributed by atoms with Crippen molar-refractivity contribution in [1.29, 1.82) is 0 Å². The third-order valence-electron chi connectivity index (χ3n) is 3.31. The van der Waals surface area contributed by atoms with Gasteiger partial charge in [-0.05, 0) is 50.2 Å². The molecule has 4 heteroatoms. The molecule has 0 bridgehead atoms. The molecule has 0 aliphatic rings. The molecule has 1 unspecified atom stereocenters. The van der Waals surface area contributed by atoms with Gasteiger partial charge in [-0.2, -0.15) is 0 Å². The highest BCUT2D eigenvalue weighted by atomic mass is 16.3. The number of hydrogen-bond acceptors (Lipinski definition) is 3. The van der Waals surface area contributed by atoms with E-state index in [9.17, 15) is 9.90 Å². The van der Waals surface area contributed by atoms with Crippen LogP contribution < -0.4 is 4.90 Å². The number of anilines is 1. The largest absolute Gasteiger partial charge is 0.385 e. The first-order valence-corrected chi connectivity index (χ1v) is 7.30. The Bertz CT molecular complexity index is 634. The van der Waals surface area contributed by atoms with Crippen molar-refractivity contribution in [3.8, 4) is 0 Å². The van der Waals surface area contributed by atoms with E-state index >= 15 is 0 Å². The Hall–Kier alpha value is -2.46. The lowest BCUT2D eigenvalue weighted by Gasteiger charge is -2.16. The van der Waals surface area contributed by atoms with Gasteiger partial charge >= 0.3 is 0 Å². The smallest absolute Gasteiger partial charge is 0.190 e. The zero-order valence-electron chi connectivity index (χ0n) is 12.8. The first-order chi connectivity index (χ1) is 10.6. The Morgan fingerprint density at radius 2 is 1.82 bits per heavy atom. The number of Topliss-reactive ketones (excluding diaryl/α,β-unsaturated/α-hetero) is 1. The highest BCUT2D eigenvalue weighted by molar-refractivity contribution is 5.99. The number of nitrogens with zero attached hydrogens (tertiary/aromatic N) is 2. The van der Waals surface area contributed by atoms with Crippen LogP contribution in [-0.2, 0) is 0 Å². The van der Waals surface area contributed by atoms with E-state index in [4.69, 9.17) is 0 Å². The second-order valence-electron chi connectivity index (χ2n) is 4.95. The molecule has 0 heterocycles. The predicted molar refractivity (Wildman–Crippen MR) is 90.1 cm³/mol. The molecule has 0 radical (unpaired) electrons. The lowest BCUT2D eigenvalue weighted by molar-refractivity contribution is 0.0779. The number of aliphatic imine (C=N–C) groups is 1. The molecule has 1 N–H and O–H groups in total. The number of benzene rings is 2. The molecule has 2 aromatic rings. The first kappa shape index (κ1) is 15.9. The van der Waals surface area contributed by atoms with Gasteiger partial charge in [0, 0.05) is 17.8 Å². The molecule has 2 rings (SSSR count). The van der Waals surface area contributed by atoms with Crippen molar-refractivity contribution in [2.24, 2.45) is 4.99 Å². The van der Waals surface area contributed by atoms with Crippen molar-refractivity contribution in [2.45, 2.75) is 20.0 Å². The van der Waals surface area contributed by atoms with E-state index in [0.29, 0.717) is 5.56 Å². The third kappa shape index (κ3) is 4.02. The van der Waals surface area contributed by atoms with Crippen LogP contribution in [0.15, 0.2) is 59.6 Å². The monoisotopic (exact) mass is 296 g/mol. The van der Waals surface area contributed by atoms with E-state index in [1.807, 2.05) is 35.2 Å². The lowest BCUT2D eigenvalue weighted by atomic mass is 10.1. The number of aliphatic hydroxyl groups excluding tert-OH is 1. The van der Waals surface area contributed by atoms with Crippen LogP contribution in [0.5, 0.6) is 0 Å². The van der Waals surface area contributed by atoms with Gasteiger partial charge in [0.05, 0.1) is 12.0 Å². The SMILES string of the molecule is CCN(C=Nc1ccc(C(=O)C(C)O)cc1)c1ccccc1. The van der Waals surface area contributed by atoms with Crippen LogP contribution in [0, 0.1) is 0 Å². The first-order valence-electron chi connectivity index (χ1n) is 7.30. The van der Waals surface area contributed by atoms with Gasteiger partial charge in [0.1, 0.15) is 6.10 Å². The summed E-state index contributed by atoms with van der Waals surface area (Å²) in [5.41, 5.74) is 2.33. The van der Waals surface area contributed by atoms with E-state index < -0.39 is 6.10 Å². The van der Waals surface area contributed by atoms with Crippen molar-refractivity contribution >= 4 is 23.5 Å². The van der Waals surface area contributed by atoms with Crippen LogP contribution in [0.25, 0.3) is 0 Å². The van der Waals surface area contributed by atoms with Gasteiger partial charge in [-0.25, -0.2) is 4.99 Å². The van der Waals surface area contributed by atoms with Crippen molar-refractivity contribution < 1.29 is 9.90 Å². The fourth-order valence-electron chi connectivity index (χ4n) is 2.04. The van der Waals surface area contributed by atoms with Crippen LogP contribution in [-0.4, -0.2) is 29.9 Å². The third-order valence-corrected chi connectivity index (χ3v) is 3.31. The Balaban J connectivity index is 2.11. The number of aliphatic hydroxyl groups is 1. The quantitative estimate of drug-likeness (QED) is 0.505. The fourth-order valence-corrected chi connectivity index (χ4v) is 2.04. The van der Waals surface area contributed by atoms with E-state index in [0.717, 1.165) is 17.9 Å². The molecule has 0 aliphatic carbocycles. The van der Waals surface area contributed by atoms with Crippen LogP contribution in [0.2, 0.25) is 0 Å². The summed E-state index contributed by atoms with van der Waals surface area (Å²) in [6, 6.07) is 16.9. The van der Waals surface area contributed by atoms with E-state index in [1.165, 1.54) is 6.92 Å². The van der Waals surface area contributed by atoms with Gasteiger partial charge in [0.2, 0.25) is 0 Å². The second kappa shape index (κ2) is 7.52. The molecule has 1 atom stereocenters. The molecule has 0 spiro atoms. The summed E-state index contributed by atoms with van der Waals surface area (Å²) in [5.74, 6) is -0.282. The Kier molecular flexibility index (Phi) is 5.44. The minimum atomic E-state index is -0.983. The lowest BCUT2D eigenvalue weighted by Crippen LogP contribution is -2.19. The Morgan fingerprint density at radius 1 is 1.18 bits per heavy atom. The summed E-state index contributed by atoms with van der Waals surface area (Å²) in [6.45, 7) is 4.34. The Morgan fingerprint density at radius 3 is 2.36 bits per heavy atom. The average Bonchev–Trinajstić information content (AvgIpc) is 2.56. The van der Waals surface area contributed by atoms with Gasteiger partial charge in [-0.1, -0.05) is 18.2 Å². The molecule has 2 aromatic carbocycles. The highest BCUT2D eigenvalue weighted by Gasteiger charge is 2.11. The number of rotatable bonds is 6. The number of para-hydroxylation sites is 1. The van der Waals surface area contributed by atoms with E-state index in [-0.39, 0.29) is 5.78 Å². The topological polar surface area (TPSA) is 52.9 Å². The summed E-state index contributed by atoms with van der Waals surface area (Å²) >= 11 is 0. The van der Waals surface area contributed by atoms with Crippen LogP contribution in [0.4, 0.5) is 11.4 Å².